The van der Waals surface area contributed by atoms with Crippen molar-refractivity contribution in [2.24, 2.45) is 0 Å². The lowest BCUT2D eigenvalue weighted by atomic mass is 10.1. The molecular formula is C6H2Cl2F3. The summed E-state index contributed by atoms with van der Waals surface area (Å²) < 4.78 is 37.6. The largest absolute Gasteiger partial charge is 0.240 e. The molecule has 1 unspecified atom stereocenters. The molecule has 0 N–H and O–H groups in total. The molecule has 0 fully saturated rings. The average Bonchev–Trinajstić information content (AvgIpc) is 1.95. The van der Waals surface area contributed by atoms with E-state index in [1.165, 1.54) is 0 Å². The van der Waals surface area contributed by atoms with Gasteiger partial charge in [-0.2, -0.15) is 0 Å². The smallest absolute Gasteiger partial charge is 0.218 e. The summed E-state index contributed by atoms with van der Waals surface area (Å²) in [6, 6.07) is 0. The van der Waals surface area contributed by atoms with Gasteiger partial charge in [-0.05, 0) is 0 Å². The van der Waals surface area contributed by atoms with Crippen molar-refractivity contribution in [3.8, 4) is 0 Å². The van der Waals surface area contributed by atoms with E-state index in [4.69, 9.17) is 23.2 Å². The Hall–Kier alpha value is -0.150. The second-order valence-corrected chi connectivity index (χ2v) is 2.98. The summed E-state index contributed by atoms with van der Waals surface area (Å²) in [4.78, 5) is 0. The van der Waals surface area contributed by atoms with Gasteiger partial charge in [0.25, 0.3) is 0 Å². The van der Waals surface area contributed by atoms with E-state index in [-0.39, 0.29) is 0 Å². The van der Waals surface area contributed by atoms with Crippen LogP contribution in [0.2, 0.25) is 0 Å². The number of alkyl halides is 2. The second-order valence-electron chi connectivity index (χ2n) is 2.00. The summed E-state index contributed by atoms with van der Waals surface area (Å²) in [6.45, 7) is 0. The Morgan fingerprint density at radius 2 is 2.00 bits per heavy atom. The Labute approximate surface area is 71.3 Å². The first-order valence-electron chi connectivity index (χ1n) is 2.65. The lowest BCUT2D eigenvalue weighted by molar-refractivity contribution is 0.268. The maximum atomic E-state index is 12.7. The Kier molecular flexibility index (Phi) is 2.21. The lowest BCUT2D eigenvalue weighted by Crippen LogP contribution is -2.18. The third-order valence-electron chi connectivity index (χ3n) is 1.17. The van der Waals surface area contributed by atoms with Crippen molar-refractivity contribution < 1.29 is 13.2 Å². The van der Waals surface area contributed by atoms with Crippen LogP contribution in [0.4, 0.5) is 13.2 Å². The first kappa shape index (κ1) is 8.94. The van der Waals surface area contributed by atoms with E-state index in [1.54, 1.807) is 0 Å². The number of hydrogen-bond acceptors (Lipinski definition) is 0. The van der Waals surface area contributed by atoms with E-state index < -0.39 is 28.2 Å². The fourth-order valence-electron chi connectivity index (χ4n) is 0.601. The van der Waals surface area contributed by atoms with Crippen LogP contribution in [-0.2, 0) is 0 Å². The van der Waals surface area contributed by atoms with E-state index in [1.807, 2.05) is 6.08 Å². The van der Waals surface area contributed by atoms with Gasteiger partial charge in [-0.25, -0.2) is 13.2 Å². The van der Waals surface area contributed by atoms with Crippen LogP contribution in [0.5, 0.6) is 0 Å². The Morgan fingerprint density at radius 3 is 2.45 bits per heavy atom. The molecule has 1 aliphatic rings. The van der Waals surface area contributed by atoms with Crippen molar-refractivity contribution in [3.63, 3.8) is 0 Å². The minimum Gasteiger partial charge on any atom is -0.218 e. The van der Waals surface area contributed by atoms with Crippen LogP contribution in [0, 0.1) is 6.08 Å². The maximum absolute atomic E-state index is 12.7. The summed E-state index contributed by atoms with van der Waals surface area (Å²) in [5, 5.41) is -3.67. The van der Waals surface area contributed by atoms with Gasteiger partial charge < -0.3 is 0 Å². The van der Waals surface area contributed by atoms with Crippen molar-refractivity contribution in [2.45, 2.75) is 11.5 Å². The summed E-state index contributed by atoms with van der Waals surface area (Å²) in [5.41, 5.74) is 0. The molecule has 61 valence electrons. The van der Waals surface area contributed by atoms with Crippen molar-refractivity contribution in [1.82, 2.24) is 0 Å². The van der Waals surface area contributed by atoms with Crippen LogP contribution in [0.3, 0.4) is 0 Å². The summed E-state index contributed by atoms with van der Waals surface area (Å²) in [5.74, 6) is -2.59. The molecule has 0 amide bonds. The molecule has 0 saturated heterocycles. The Balaban J connectivity index is 3.07. The lowest BCUT2D eigenvalue weighted by Gasteiger charge is -2.17. The molecule has 5 heteroatoms. The van der Waals surface area contributed by atoms with Gasteiger partial charge in [0.05, 0.1) is 0 Å². The van der Waals surface area contributed by atoms with Crippen LogP contribution in [0.1, 0.15) is 6.42 Å². The first-order chi connectivity index (χ1) is 4.95. The van der Waals surface area contributed by atoms with Gasteiger partial charge in [-0.15, -0.1) is 0 Å². The molecule has 0 aromatic rings. The molecule has 0 aliphatic heterocycles. The molecule has 0 saturated carbocycles. The van der Waals surface area contributed by atoms with Gasteiger partial charge in [-0.3, -0.25) is 0 Å². The third-order valence-corrected chi connectivity index (χ3v) is 1.80. The van der Waals surface area contributed by atoms with Crippen LogP contribution < -0.4 is 0 Å². The summed E-state index contributed by atoms with van der Waals surface area (Å²) in [6.07, 6.45) is 1.20. The van der Waals surface area contributed by atoms with Gasteiger partial charge in [0.15, 0.2) is 5.83 Å². The zero-order chi connectivity index (χ0) is 8.65. The van der Waals surface area contributed by atoms with E-state index >= 15 is 0 Å². The molecule has 1 radical (unpaired) electrons. The molecule has 1 aliphatic carbocycles. The van der Waals surface area contributed by atoms with E-state index in [2.05, 4.69) is 0 Å². The molecule has 0 nitrogen and oxygen atoms in total. The SMILES string of the molecule is FC1=[C]CC(F)(Cl)C(F)=C1Cl. The van der Waals surface area contributed by atoms with Gasteiger partial charge >= 0.3 is 0 Å². The average molecular weight is 202 g/mol. The molecule has 11 heavy (non-hydrogen) atoms. The van der Waals surface area contributed by atoms with E-state index in [9.17, 15) is 13.2 Å². The fourth-order valence-corrected chi connectivity index (χ4v) is 1.03. The highest BCUT2D eigenvalue weighted by Crippen LogP contribution is 2.41. The zero-order valence-electron chi connectivity index (χ0n) is 5.10. The topological polar surface area (TPSA) is 0 Å². The summed E-state index contributed by atoms with van der Waals surface area (Å²) in [7, 11) is 0. The second kappa shape index (κ2) is 2.72. The monoisotopic (exact) mass is 201 g/mol. The molecule has 0 bridgehead atoms. The van der Waals surface area contributed by atoms with Crippen LogP contribution in [0.25, 0.3) is 0 Å². The number of hydrogen-bond donors (Lipinski definition) is 0. The first-order valence-corrected chi connectivity index (χ1v) is 3.41. The molecular weight excluding hydrogens is 200 g/mol. The zero-order valence-corrected chi connectivity index (χ0v) is 6.61. The van der Waals surface area contributed by atoms with Gasteiger partial charge in [-0.1, -0.05) is 23.2 Å². The minimum absolute atomic E-state index is 0.664. The Bertz CT molecular complexity index is 242. The van der Waals surface area contributed by atoms with Crippen LogP contribution in [-0.4, -0.2) is 5.13 Å². The van der Waals surface area contributed by atoms with Crippen LogP contribution in [0.15, 0.2) is 16.7 Å². The van der Waals surface area contributed by atoms with Crippen molar-refractivity contribution >= 4 is 23.2 Å². The van der Waals surface area contributed by atoms with Gasteiger partial charge in [0.2, 0.25) is 5.13 Å². The molecule has 1 atom stereocenters. The number of allylic oxidation sites excluding steroid dienone is 4. The van der Waals surface area contributed by atoms with Crippen molar-refractivity contribution in [3.05, 3.63) is 22.8 Å². The highest BCUT2D eigenvalue weighted by molar-refractivity contribution is 6.34. The van der Waals surface area contributed by atoms with Gasteiger partial charge in [0, 0.05) is 12.5 Å². The molecule has 0 aromatic carbocycles. The van der Waals surface area contributed by atoms with Crippen LogP contribution >= 0.6 is 23.2 Å². The van der Waals surface area contributed by atoms with Crippen molar-refractivity contribution in [1.29, 1.82) is 0 Å². The number of halogens is 5. The Morgan fingerprint density at radius 1 is 1.45 bits per heavy atom. The third kappa shape index (κ3) is 1.54. The quantitative estimate of drug-likeness (QED) is 0.528. The molecule has 0 heterocycles. The minimum atomic E-state index is -2.73. The predicted molar refractivity (Wildman–Crippen MR) is 36.2 cm³/mol. The highest BCUT2D eigenvalue weighted by atomic mass is 35.5. The number of rotatable bonds is 0. The highest BCUT2D eigenvalue weighted by Gasteiger charge is 2.38. The maximum Gasteiger partial charge on any atom is 0.240 e. The molecule has 1 rings (SSSR count). The normalized spacial score (nSPS) is 32.3. The standard InChI is InChI=1S/C6H2Cl2F3/c7-4-3(9)1-2-6(8,11)5(4)10/h2H2. The van der Waals surface area contributed by atoms with E-state index in [0.717, 1.165) is 0 Å². The summed E-state index contributed by atoms with van der Waals surface area (Å²) >= 11 is 9.96. The fraction of sp³-hybridized carbons (Fsp3) is 0.333. The molecule has 0 spiro atoms. The van der Waals surface area contributed by atoms with E-state index in [0.29, 0.717) is 0 Å². The molecule has 0 aromatic heterocycles. The van der Waals surface area contributed by atoms with Crippen molar-refractivity contribution in [2.75, 3.05) is 0 Å². The predicted octanol–water partition coefficient (Wildman–Crippen LogP) is 3.37. The van der Waals surface area contributed by atoms with Gasteiger partial charge in [0.1, 0.15) is 10.9 Å².